The van der Waals surface area contributed by atoms with E-state index in [2.05, 4.69) is 11.4 Å². The number of halogens is 1. The number of quaternary nitrogens is 1. The highest BCUT2D eigenvalue weighted by atomic mass is 35.5. The first kappa shape index (κ1) is 21.3. The third-order valence-electron chi connectivity index (χ3n) is 4.44. The van der Waals surface area contributed by atoms with E-state index in [9.17, 15) is 10.2 Å². The number of hydrogen-bond donors (Lipinski definition) is 3. The average Bonchev–Trinajstić information content (AvgIpc) is 2.60. The molecule has 0 radical (unpaired) electrons. The molecule has 138 valence electrons. The maximum absolute atomic E-state index is 10.5. The molecule has 0 saturated heterocycles. The number of aromatic hydroxyl groups is 1. The van der Waals surface area contributed by atoms with Gasteiger partial charge in [-0.05, 0) is 55.2 Å². The molecule has 0 aliphatic heterocycles. The number of aliphatic hydroxyl groups is 1. The predicted octanol–water partition coefficient (Wildman–Crippen LogP) is -0.669. The van der Waals surface area contributed by atoms with Gasteiger partial charge in [-0.3, -0.25) is 0 Å². The van der Waals surface area contributed by atoms with Crippen molar-refractivity contribution in [2.24, 2.45) is 0 Å². The molecule has 25 heavy (non-hydrogen) atoms. The lowest BCUT2D eigenvalue weighted by Gasteiger charge is -2.18. The fraction of sp³-hybridized carbons (Fsp3) is 0.400. The average molecular weight is 366 g/mol. The van der Waals surface area contributed by atoms with E-state index >= 15 is 0 Å². The molecular formula is C20H28ClNO3. The van der Waals surface area contributed by atoms with E-state index in [4.69, 9.17) is 4.74 Å². The Bertz CT molecular complexity index is 663. The highest BCUT2D eigenvalue weighted by molar-refractivity contribution is 5.36. The van der Waals surface area contributed by atoms with Crippen LogP contribution in [0.1, 0.15) is 36.1 Å². The minimum absolute atomic E-state index is 0. The number of benzene rings is 2. The number of aliphatic hydroxyl groups excluding tert-OH is 1. The zero-order chi connectivity index (χ0) is 17.5. The third kappa shape index (κ3) is 5.92. The van der Waals surface area contributed by atoms with Gasteiger partial charge in [0.15, 0.2) is 0 Å². The van der Waals surface area contributed by atoms with Gasteiger partial charge in [-0.25, -0.2) is 0 Å². The smallest absolute Gasteiger partial charge is 0.130 e. The van der Waals surface area contributed by atoms with Crippen molar-refractivity contribution in [3.05, 3.63) is 59.2 Å². The van der Waals surface area contributed by atoms with Gasteiger partial charge in [0.1, 0.15) is 23.6 Å². The maximum atomic E-state index is 10.5. The molecule has 4 nitrogen and oxygen atoms in total. The zero-order valence-electron chi connectivity index (χ0n) is 15.1. The summed E-state index contributed by atoms with van der Waals surface area (Å²) in [6, 6.07) is 13.4. The summed E-state index contributed by atoms with van der Waals surface area (Å²) in [5, 5.41) is 22.2. The first-order valence-corrected chi connectivity index (χ1v) is 8.45. The Morgan fingerprint density at radius 1 is 1.16 bits per heavy atom. The van der Waals surface area contributed by atoms with Gasteiger partial charge < -0.3 is 32.7 Å². The molecule has 0 saturated carbocycles. The van der Waals surface area contributed by atoms with Crippen LogP contribution in [-0.4, -0.2) is 29.9 Å². The molecule has 0 amide bonds. The molecule has 0 fully saturated rings. The van der Waals surface area contributed by atoms with Gasteiger partial charge in [-0.15, -0.1) is 0 Å². The van der Waals surface area contributed by atoms with Gasteiger partial charge in [-0.2, -0.15) is 0 Å². The Balaban J connectivity index is 0.00000312. The van der Waals surface area contributed by atoms with Crippen molar-refractivity contribution >= 4 is 0 Å². The number of hydrogen-bond acceptors (Lipinski definition) is 3. The first-order valence-electron chi connectivity index (χ1n) is 8.45. The molecule has 2 aromatic carbocycles. The summed E-state index contributed by atoms with van der Waals surface area (Å²) in [5.74, 6) is 1.20. The van der Waals surface area contributed by atoms with Crippen molar-refractivity contribution in [2.75, 3.05) is 13.7 Å². The largest absolute Gasteiger partial charge is 1.00 e. The third-order valence-corrected chi connectivity index (χ3v) is 4.44. The van der Waals surface area contributed by atoms with E-state index in [1.54, 1.807) is 19.2 Å². The van der Waals surface area contributed by atoms with E-state index in [0.717, 1.165) is 36.3 Å². The van der Waals surface area contributed by atoms with Crippen LogP contribution in [0.25, 0.3) is 0 Å². The highest BCUT2D eigenvalue weighted by Crippen LogP contribution is 2.22. The van der Waals surface area contributed by atoms with Gasteiger partial charge >= 0.3 is 0 Å². The van der Waals surface area contributed by atoms with Crippen LogP contribution in [0.15, 0.2) is 42.5 Å². The zero-order valence-corrected chi connectivity index (χ0v) is 15.8. The summed E-state index contributed by atoms with van der Waals surface area (Å²) in [7, 11) is 1.70. The van der Waals surface area contributed by atoms with Gasteiger partial charge in [0.05, 0.1) is 13.7 Å². The van der Waals surface area contributed by atoms with Crippen LogP contribution in [-0.2, 0) is 6.42 Å². The monoisotopic (exact) mass is 365 g/mol. The molecule has 5 heteroatoms. The van der Waals surface area contributed by atoms with Gasteiger partial charge in [0.25, 0.3) is 0 Å². The molecule has 2 unspecified atom stereocenters. The van der Waals surface area contributed by atoms with Crippen LogP contribution >= 0.6 is 0 Å². The Kier molecular flexibility index (Phi) is 8.76. The molecule has 2 aromatic rings. The number of ether oxygens (including phenoxy) is 1. The molecule has 4 N–H and O–H groups in total. The van der Waals surface area contributed by atoms with Crippen molar-refractivity contribution in [3.63, 3.8) is 0 Å². The van der Waals surface area contributed by atoms with Crippen LogP contribution in [0.3, 0.4) is 0 Å². The fourth-order valence-corrected chi connectivity index (χ4v) is 2.88. The first-order chi connectivity index (χ1) is 11.5. The fourth-order valence-electron chi connectivity index (χ4n) is 2.88. The summed E-state index contributed by atoms with van der Waals surface area (Å²) in [6.07, 6.45) is 1.43. The predicted molar refractivity (Wildman–Crippen MR) is 95.4 cm³/mol. The molecule has 0 aromatic heterocycles. The molecule has 2 rings (SSSR count). The Morgan fingerprint density at radius 3 is 2.56 bits per heavy atom. The van der Waals surface area contributed by atoms with Crippen LogP contribution in [0.5, 0.6) is 11.5 Å². The van der Waals surface area contributed by atoms with Crippen molar-refractivity contribution in [3.8, 4) is 11.5 Å². The minimum Gasteiger partial charge on any atom is -1.00 e. The molecule has 0 aliphatic carbocycles. The van der Waals surface area contributed by atoms with Crippen molar-refractivity contribution in [2.45, 2.75) is 38.8 Å². The summed E-state index contributed by atoms with van der Waals surface area (Å²) < 4.78 is 5.37. The quantitative estimate of drug-likeness (QED) is 0.544. The lowest BCUT2D eigenvalue weighted by molar-refractivity contribution is -0.694. The lowest BCUT2D eigenvalue weighted by atomic mass is 10.0. The molecular weight excluding hydrogens is 338 g/mol. The maximum Gasteiger partial charge on any atom is 0.130 e. The normalized spacial score (nSPS) is 13.0. The summed E-state index contributed by atoms with van der Waals surface area (Å²) >= 11 is 0. The lowest BCUT2D eigenvalue weighted by Crippen LogP contribution is -3.00. The summed E-state index contributed by atoms with van der Waals surface area (Å²) in [5.41, 5.74) is 2.85. The second-order valence-electron chi connectivity index (χ2n) is 6.29. The Labute approximate surface area is 156 Å². The van der Waals surface area contributed by atoms with Gasteiger partial charge in [-0.1, -0.05) is 24.3 Å². The van der Waals surface area contributed by atoms with Crippen molar-refractivity contribution in [1.29, 1.82) is 0 Å². The van der Waals surface area contributed by atoms with Crippen LogP contribution in [0.4, 0.5) is 0 Å². The number of rotatable bonds is 8. The Hall–Kier alpha value is -1.75. The van der Waals surface area contributed by atoms with E-state index in [-0.39, 0.29) is 24.2 Å². The summed E-state index contributed by atoms with van der Waals surface area (Å²) in [6.45, 7) is 4.80. The van der Waals surface area contributed by atoms with Crippen molar-refractivity contribution in [1.82, 2.24) is 0 Å². The van der Waals surface area contributed by atoms with E-state index in [1.165, 1.54) is 5.56 Å². The highest BCUT2D eigenvalue weighted by Gasteiger charge is 2.19. The molecule has 0 heterocycles. The van der Waals surface area contributed by atoms with E-state index in [1.807, 2.05) is 38.1 Å². The topological polar surface area (TPSA) is 66.3 Å². The van der Waals surface area contributed by atoms with Crippen molar-refractivity contribution < 1.29 is 32.7 Å². The molecule has 0 aliphatic rings. The van der Waals surface area contributed by atoms with E-state index < -0.39 is 6.10 Å². The Morgan fingerprint density at radius 2 is 1.88 bits per heavy atom. The van der Waals surface area contributed by atoms with Crippen LogP contribution in [0.2, 0.25) is 0 Å². The van der Waals surface area contributed by atoms with Crippen LogP contribution in [0, 0.1) is 6.92 Å². The molecule has 0 spiro atoms. The van der Waals surface area contributed by atoms with Gasteiger partial charge in [0.2, 0.25) is 0 Å². The second-order valence-corrected chi connectivity index (χ2v) is 6.29. The summed E-state index contributed by atoms with van der Waals surface area (Å²) in [4.78, 5) is 0. The molecule has 0 bridgehead atoms. The number of para-hydroxylation sites is 1. The SMILES string of the molecule is COc1ccccc1CCC[NH2+]C(C)C(O)c1ccc(O)c(C)c1.[Cl-]. The standard InChI is InChI=1S/C20H27NO3.ClH/c1-14-13-17(10-11-18(14)22)20(23)15(2)21-12-6-8-16-7-4-5-9-19(16)24-3;/h4-5,7,9-11,13,15,20-23H,6,8,12H2,1-3H3;1H. The number of phenolic OH excluding ortho intramolecular Hbond substituents is 1. The molecule has 2 atom stereocenters. The number of nitrogens with two attached hydrogens (primary N) is 1. The number of phenols is 1. The minimum atomic E-state index is -0.546. The second kappa shape index (κ2) is 10.3. The van der Waals surface area contributed by atoms with E-state index in [0.29, 0.717) is 0 Å². The van der Waals surface area contributed by atoms with Gasteiger partial charge in [0, 0.05) is 6.42 Å². The number of aryl methyl sites for hydroxylation is 2. The number of methoxy groups -OCH3 is 1. The van der Waals surface area contributed by atoms with Crippen LogP contribution < -0.4 is 22.5 Å².